The Morgan fingerprint density at radius 3 is 2.64 bits per heavy atom. The standard InChI is InChI=1S/C17H18FNO3/c18-13-3-1-12(2-4-13)16-6-5-15(22-16)10-19-14-7-11(8-14)9-17(20)21/h1-6,11,14,19H,7-10H2,(H,20,21). The quantitative estimate of drug-likeness (QED) is 0.858. The molecule has 2 N–H and O–H groups in total. The molecular weight excluding hydrogens is 285 g/mol. The molecule has 0 atom stereocenters. The van der Waals surface area contributed by atoms with Crippen molar-refractivity contribution >= 4 is 5.97 Å². The fourth-order valence-electron chi connectivity index (χ4n) is 2.80. The van der Waals surface area contributed by atoms with Crippen LogP contribution in [0.3, 0.4) is 0 Å². The number of nitrogens with one attached hydrogen (secondary N) is 1. The molecule has 0 amide bonds. The molecule has 1 aliphatic carbocycles. The van der Waals surface area contributed by atoms with Crippen LogP contribution in [0.15, 0.2) is 40.8 Å². The number of furan rings is 1. The Bertz CT molecular complexity index is 644. The second-order valence-corrected chi connectivity index (χ2v) is 5.79. The van der Waals surface area contributed by atoms with Gasteiger partial charge in [0.05, 0.1) is 6.54 Å². The first-order chi connectivity index (χ1) is 10.6. The first kappa shape index (κ1) is 14.8. The summed E-state index contributed by atoms with van der Waals surface area (Å²) in [5, 5.41) is 12.1. The van der Waals surface area contributed by atoms with Crippen molar-refractivity contribution in [1.82, 2.24) is 5.32 Å². The SMILES string of the molecule is O=C(O)CC1CC(NCc2ccc(-c3ccc(F)cc3)o2)C1. The fraction of sp³-hybridized carbons (Fsp3) is 0.353. The minimum absolute atomic E-state index is 0.258. The third-order valence-corrected chi connectivity index (χ3v) is 4.05. The van der Waals surface area contributed by atoms with Crippen molar-refractivity contribution in [3.63, 3.8) is 0 Å². The normalized spacial score (nSPS) is 20.6. The Morgan fingerprint density at radius 1 is 1.23 bits per heavy atom. The molecule has 5 heteroatoms. The maximum atomic E-state index is 12.9. The average molecular weight is 303 g/mol. The zero-order valence-electron chi connectivity index (χ0n) is 12.1. The van der Waals surface area contributed by atoms with Gasteiger partial charge >= 0.3 is 5.97 Å². The van der Waals surface area contributed by atoms with Crippen LogP contribution in [0.2, 0.25) is 0 Å². The summed E-state index contributed by atoms with van der Waals surface area (Å²) in [4.78, 5) is 10.6. The largest absolute Gasteiger partial charge is 0.481 e. The summed E-state index contributed by atoms with van der Waals surface area (Å²) >= 11 is 0. The minimum atomic E-state index is -0.724. The van der Waals surface area contributed by atoms with Crippen LogP contribution in [0, 0.1) is 11.7 Å². The van der Waals surface area contributed by atoms with Crippen LogP contribution in [0.4, 0.5) is 4.39 Å². The monoisotopic (exact) mass is 303 g/mol. The number of aliphatic carboxylic acids is 1. The Labute approximate surface area is 128 Å². The third-order valence-electron chi connectivity index (χ3n) is 4.05. The fourth-order valence-corrected chi connectivity index (χ4v) is 2.80. The van der Waals surface area contributed by atoms with Crippen molar-refractivity contribution in [2.24, 2.45) is 5.92 Å². The molecule has 1 aliphatic rings. The molecule has 0 radical (unpaired) electrons. The van der Waals surface area contributed by atoms with Gasteiger partial charge in [-0.15, -0.1) is 0 Å². The Balaban J connectivity index is 1.49. The van der Waals surface area contributed by atoms with Gasteiger partial charge in [-0.2, -0.15) is 0 Å². The molecule has 22 heavy (non-hydrogen) atoms. The lowest BCUT2D eigenvalue weighted by Crippen LogP contribution is -2.41. The number of halogens is 1. The minimum Gasteiger partial charge on any atom is -0.481 e. The van der Waals surface area contributed by atoms with Crippen molar-refractivity contribution in [3.8, 4) is 11.3 Å². The summed E-state index contributed by atoms with van der Waals surface area (Å²) in [6.07, 6.45) is 2.06. The molecule has 1 saturated carbocycles. The zero-order chi connectivity index (χ0) is 15.5. The topological polar surface area (TPSA) is 62.5 Å². The van der Waals surface area contributed by atoms with Crippen molar-refractivity contribution in [1.29, 1.82) is 0 Å². The number of hydrogen-bond donors (Lipinski definition) is 2. The summed E-state index contributed by atoms with van der Waals surface area (Å²) in [6.45, 7) is 0.617. The maximum Gasteiger partial charge on any atom is 0.303 e. The van der Waals surface area contributed by atoms with E-state index in [1.165, 1.54) is 12.1 Å². The highest BCUT2D eigenvalue weighted by Gasteiger charge is 2.30. The van der Waals surface area contributed by atoms with Crippen molar-refractivity contribution in [2.75, 3.05) is 0 Å². The zero-order valence-corrected chi connectivity index (χ0v) is 12.1. The van der Waals surface area contributed by atoms with Gasteiger partial charge in [-0.3, -0.25) is 4.79 Å². The van der Waals surface area contributed by atoms with E-state index in [-0.39, 0.29) is 12.2 Å². The lowest BCUT2D eigenvalue weighted by molar-refractivity contribution is -0.138. The number of benzene rings is 1. The number of carboxylic acids is 1. The predicted octanol–water partition coefficient (Wildman–Crippen LogP) is 3.43. The van der Waals surface area contributed by atoms with Crippen molar-refractivity contribution in [3.05, 3.63) is 48.0 Å². The van der Waals surface area contributed by atoms with Crippen LogP contribution in [0.25, 0.3) is 11.3 Å². The van der Waals surface area contributed by atoms with E-state index in [4.69, 9.17) is 9.52 Å². The van der Waals surface area contributed by atoms with Crippen LogP contribution in [-0.4, -0.2) is 17.1 Å². The smallest absolute Gasteiger partial charge is 0.303 e. The molecule has 0 saturated heterocycles. The van der Waals surface area contributed by atoms with Crippen LogP contribution in [-0.2, 0) is 11.3 Å². The Kier molecular flexibility index (Phi) is 4.24. The summed E-state index contributed by atoms with van der Waals surface area (Å²) in [6, 6.07) is 10.3. The first-order valence-corrected chi connectivity index (χ1v) is 7.40. The number of hydrogen-bond acceptors (Lipinski definition) is 3. The molecular formula is C17H18FNO3. The second kappa shape index (κ2) is 6.32. The van der Waals surface area contributed by atoms with E-state index in [0.717, 1.165) is 24.2 Å². The number of rotatable bonds is 6. The predicted molar refractivity (Wildman–Crippen MR) is 79.7 cm³/mol. The molecule has 1 heterocycles. The van der Waals surface area contributed by atoms with Gasteiger partial charge in [0, 0.05) is 18.0 Å². The van der Waals surface area contributed by atoms with Gasteiger partial charge in [0.2, 0.25) is 0 Å². The number of carbonyl (C=O) groups is 1. The van der Waals surface area contributed by atoms with Gasteiger partial charge in [-0.25, -0.2) is 4.39 Å². The third kappa shape index (κ3) is 3.54. The molecule has 1 aromatic heterocycles. The molecule has 0 spiro atoms. The second-order valence-electron chi connectivity index (χ2n) is 5.79. The molecule has 4 nitrogen and oxygen atoms in total. The molecule has 116 valence electrons. The molecule has 1 aromatic carbocycles. The van der Waals surface area contributed by atoms with Gasteiger partial charge in [0.15, 0.2) is 0 Å². The molecule has 2 aromatic rings. The van der Waals surface area contributed by atoms with Crippen molar-refractivity contribution < 1.29 is 18.7 Å². The lowest BCUT2D eigenvalue weighted by atomic mass is 9.78. The lowest BCUT2D eigenvalue weighted by Gasteiger charge is -2.34. The van der Waals surface area contributed by atoms with E-state index in [1.54, 1.807) is 12.1 Å². The summed E-state index contributed by atoms with van der Waals surface area (Å²) in [5.74, 6) is 0.841. The van der Waals surface area contributed by atoms with Crippen LogP contribution in [0.5, 0.6) is 0 Å². The summed E-state index contributed by atoms with van der Waals surface area (Å²) in [5.41, 5.74) is 0.845. The summed E-state index contributed by atoms with van der Waals surface area (Å²) < 4.78 is 18.6. The average Bonchev–Trinajstić information content (AvgIpc) is 2.90. The summed E-state index contributed by atoms with van der Waals surface area (Å²) in [7, 11) is 0. The van der Waals surface area contributed by atoms with Crippen LogP contribution in [0.1, 0.15) is 25.0 Å². The van der Waals surface area contributed by atoms with Gasteiger partial charge < -0.3 is 14.8 Å². The molecule has 0 bridgehead atoms. The molecule has 3 rings (SSSR count). The first-order valence-electron chi connectivity index (χ1n) is 7.40. The van der Waals surface area contributed by atoms with E-state index in [2.05, 4.69) is 5.32 Å². The maximum absolute atomic E-state index is 12.9. The van der Waals surface area contributed by atoms with Gasteiger partial charge in [-0.1, -0.05) is 0 Å². The Morgan fingerprint density at radius 2 is 1.95 bits per heavy atom. The van der Waals surface area contributed by atoms with Gasteiger partial charge in [0.1, 0.15) is 17.3 Å². The molecule has 1 fully saturated rings. The van der Waals surface area contributed by atoms with E-state index in [9.17, 15) is 9.18 Å². The van der Waals surface area contributed by atoms with Gasteiger partial charge in [-0.05, 0) is 55.2 Å². The van der Waals surface area contributed by atoms with Crippen LogP contribution < -0.4 is 5.32 Å². The molecule has 0 unspecified atom stereocenters. The highest BCUT2D eigenvalue weighted by Crippen LogP contribution is 2.30. The van der Waals surface area contributed by atoms with Crippen LogP contribution >= 0.6 is 0 Å². The highest BCUT2D eigenvalue weighted by molar-refractivity contribution is 5.67. The molecule has 0 aliphatic heterocycles. The van der Waals surface area contributed by atoms with E-state index in [0.29, 0.717) is 24.3 Å². The van der Waals surface area contributed by atoms with Gasteiger partial charge in [0.25, 0.3) is 0 Å². The van der Waals surface area contributed by atoms with E-state index < -0.39 is 5.97 Å². The number of carboxylic acid groups (broad SMARTS) is 1. The van der Waals surface area contributed by atoms with E-state index in [1.807, 2.05) is 12.1 Å². The van der Waals surface area contributed by atoms with Crippen molar-refractivity contribution in [2.45, 2.75) is 31.8 Å². The Hall–Kier alpha value is -2.14. The van der Waals surface area contributed by atoms with E-state index >= 15 is 0 Å². The highest BCUT2D eigenvalue weighted by atomic mass is 19.1.